The average Bonchev–Trinajstić information content (AvgIpc) is 4.03. The van der Waals surface area contributed by atoms with Crippen LogP contribution >= 0.6 is 22.9 Å². The van der Waals surface area contributed by atoms with Crippen molar-refractivity contribution < 1.29 is 9.15 Å². The monoisotopic (exact) mass is 857 g/mol. The van der Waals surface area contributed by atoms with Crippen LogP contribution in [-0.2, 0) is 0 Å². The molecule has 0 saturated carbocycles. The van der Waals surface area contributed by atoms with Gasteiger partial charge in [0.2, 0.25) is 5.28 Å². The van der Waals surface area contributed by atoms with Gasteiger partial charge in [0.1, 0.15) is 23.0 Å². The number of benzene rings is 9. The van der Waals surface area contributed by atoms with Crippen LogP contribution < -0.4 is 4.74 Å². The first-order chi connectivity index (χ1) is 31.6. The number of rotatable bonds is 4. The van der Waals surface area contributed by atoms with Gasteiger partial charge in [0, 0.05) is 53.6 Å². The maximum Gasteiger partial charge on any atom is 0.226 e. The summed E-state index contributed by atoms with van der Waals surface area (Å²) in [4.78, 5) is 14.3. The number of thiophene rings is 1. The number of para-hydroxylation sites is 1. The van der Waals surface area contributed by atoms with Gasteiger partial charge in [-0.3, -0.25) is 0 Å². The highest BCUT2D eigenvalue weighted by molar-refractivity contribution is 7.25. The summed E-state index contributed by atoms with van der Waals surface area (Å²) < 4.78 is 15.0. The number of hydrogen-bond acceptors (Lipinski definition) is 6. The molecule has 7 heteroatoms. The van der Waals surface area contributed by atoms with Crippen LogP contribution in [0.2, 0.25) is 5.28 Å². The highest BCUT2D eigenvalue weighted by atomic mass is 35.5. The van der Waals surface area contributed by atoms with Crippen molar-refractivity contribution in [3.8, 4) is 39.4 Å². The molecule has 0 N–H and O–H groups in total. The number of allylic oxidation sites excluding steroid dienone is 2. The molecule has 0 amide bonds. The first-order valence-electron chi connectivity index (χ1n) is 21.4. The lowest BCUT2D eigenvalue weighted by Crippen LogP contribution is -2.17. The number of hydrogen-bond donors (Lipinski definition) is 0. The van der Waals surface area contributed by atoms with Crippen LogP contribution in [0.5, 0.6) is 5.75 Å². The number of furan rings is 1. The molecule has 5 nitrogen and oxygen atoms in total. The predicted molar refractivity (Wildman–Crippen MR) is 265 cm³/mol. The third-order valence-electron chi connectivity index (χ3n) is 13.2. The Morgan fingerprint density at radius 3 is 1.86 bits per heavy atom. The van der Waals surface area contributed by atoms with Gasteiger partial charge in [-0.15, -0.1) is 11.3 Å². The fraction of sp³-hybridized carbons (Fsp3) is 0.0351. The standard InChI is InChI=1S/C57H32ClN3O2S/c58-57-60-55(59-56(61-57)36-14-20-43-48-28-34(18-24-53(48)64-54(43)30-36)32-15-21-50-45(26-32)42-11-5-6-12-49(42)62-50)35-17-23-52-47(29-35)46-27-33(16-22-51(46)63-52)31-13-19-41-39-9-2-1-7-37(39)38-8-3-4-10-40(38)44(41)25-31/h1-30,47,52H. The summed E-state index contributed by atoms with van der Waals surface area (Å²) in [5.74, 6) is 1.95. The van der Waals surface area contributed by atoms with Crippen molar-refractivity contribution in [2.75, 3.05) is 0 Å². The van der Waals surface area contributed by atoms with Crippen LogP contribution in [0.25, 0.3) is 114 Å². The van der Waals surface area contributed by atoms with E-state index in [0.717, 1.165) is 65.8 Å². The van der Waals surface area contributed by atoms with Crippen molar-refractivity contribution in [2.45, 2.75) is 12.0 Å². The third-order valence-corrected chi connectivity index (χ3v) is 14.5. The van der Waals surface area contributed by atoms with Gasteiger partial charge in [-0.2, -0.15) is 9.97 Å². The molecule has 2 unspecified atom stereocenters. The molecular weight excluding hydrogens is 826 g/mol. The molecular formula is C57H32ClN3O2S. The van der Waals surface area contributed by atoms with E-state index in [1.165, 1.54) is 53.4 Å². The van der Waals surface area contributed by atoms with Crippen molar-refractivity contribution in [1.82, 2.24) is 15.0 Å². The van der Waals surface area contributed by atoms with Crippen LogP contribution in [0.15, 0.2) is 186 Å². The first kappa shape index (κ1) is 35.9. The Labute approximate surface area is 375 Å². The second-order valence-electron chi connectivity index (χ2n) is 16.8. The molecule has 0 radical (unpaired) electrons. The van der Waals surface area contributed by atoms with Crippen LogP contribution in [0, 0.1) is 0 Å². The lowest BCUT2D eigenvalue weighted by atomic mass is 9.87. The van der Waals surface area contributed by atoms with Gasteiger partial charge in [-0.05, 0) is 127 Å². The highest BCUT2D eigenvalue weighted by Gasteiger charge is 2.34. The molecule has 64 heavy (non-hydrogen) atoms. The quantitative estimate of drug-likeness (QED) is 0.165. The van der Waals surface area contributed by atoms with E-state index in [9.17, 15) is 0 Å². The zero-order valence-corrected chi connectivity index (χ0v) is 35.5. The zero-order valence-electron chi connectivity index (χ0n) is 33.9. The Morgan fingerprint density at radius 2 is 1.05 bits per heavy atom. The minimum atomic E-state index is -0.123. The van der Waals surface area contributed by atoms with E-state index in [2.05, 4.69) is 174 Å². The molecule has 12 aromatic rings. The van der Waals surface area contributed by atoms with Gasteiger partial charge in [-0.1, -0.05) is 121 Å². The minimum absolute atomic E-state index is 0.0140. The molecule has 14 rings (SSSR count). The van der Waals surface area contributed by atoms with Crippen LogP contribution in [0.3, 0.4) is 0 Å². The molecule has 0 saturated heterocycles. The van der Waals surface area contributed by atoms with E-state index >= 15 is 0 Å². The molecule has 0 fully saturated rings. The molecule has 4 heterocycles. The molecule has 1 aliphatic heterocycles. The maximum atomic E-state index is 6.69. The first-order valence-corrected chi connectivity index (χ1v) is 22.6. The van der Waals surface area contributed by atoms with Crippen molar-refractivity contribution in [2.24, 2.45) is 0 Å². The van der Waals surface area contributed by atoms with E-state index < -0.39 is 0 Å². The molecule has 0 bridgehead atoms. The summed E-state index contributed by atoms with van der Waals surface area (Å²) in [5.41, 5.74) is 9.34. The topological polar surface area (TPSA) is 61.0 Å². The maximum absolute atomic E-state index is 6.69. The van der Waals surface area contributed by atoms with E-state index in [0.29, 0.717) is 11.6 Å². The van der Waals surface area contributed by atoms with E-state index in [-0.39, 0.29) is 17.3 Å². The molecule has 3 aromatic heterocycles. The van der Waals surface area contributed by atoms with Gasteiger partial charge >= 0.3 is 0 Å². The lowest BCUT2D eigenvalue weighted by Gasteiger charge is -2.18. The van der Waals surface area contributed by atoms with E-state index in [1.807, 2.05) is 18.2 Å². The lowest BCUT2D eigenvalue weighted by molar-refractivity contribution is 0.269. The van der Waals surface area contributed by atoms with Gasteiger partial charge < -0.3 is 9.15 Å². The zero-order chi connectivity index (χ0) is 42.0. The van der Waals surface area contributed by atoms with Crippen molar-refractivity contribution >= 4 is 103 Å². The number of ether oxygens (including phenoxy) is 1. The Morgan fingerprint density at radius 1 is 0.453 bits per heavy atom. The molecule has 2 atom stereocenters. The Hall–Kier alpha value is -7.64. The van der Waals surface area contributed by atoms with Gasteiger partial charge in [-0.25, -0.2) is 4.98 Å². The Balaban J connectivity index is 0.793. The second-order valence-corrected chi connectivity index (χ2v) is 18.2. The molecule has 0 spiro atoms. The van der Waals surface area contributed by atoms with E-state index in [4.69, 9.17) is 25.7 Å². The number of halogens is 1. The number of aromatic nitrogens is 3. The summed E-state index contributed by atoms with van der Waals surface area (Å²) in [6, 6.07) is 58.6. The van der Waals surface area contributed by atoms with Gasteiger partial charge in [0.05, 0.1) is 0 Å². The summed E-state index contributed by atoms with van der Waals surface area (Å²) >= 11 is 8.45. The number of fused-ring (bicyclic) bond motifs is 15. The summed E-state index contributed by atoms with van der Waals surface area (Å²) in [7, 11) is 0. The van der Waals surface area contributed by atoms with Crippen molar-refractivity contribution in [3.63, 3.8) is 0 Å². The predicted octanol–water partition coefficient (Wildman–Crippen LogP) is 15.8. The molecule has 9 aromatic carbocycles. The summed E-state index contributed by atoms with van der Waals surface area (Å²) in [6.45, 7) is 0. The fourth-order valence-electron chi connectivity index (χ4n) is 10.1. The fourth-order valence-corrected chi connectivity index (χ4v) is 11.4. The number of nitrogens with zero attached hydrogens (tertiary/aromatic N) is 3. The average molecular weight is 858 g/mol. The SMILES string of the molecule is Clc1nc(C2=CC3c4cc(-c5ccc6c7ccccc7c7ccccc7c6c5)ccc4OC3C=C2)nc(-c2ccc3c(c2)sc2ccc(-c4ccc5oc6ccccc6c5c4)cc23)n1. The summed E-state index contributed by atoms with van der Waals surface area (Å²) in [6.07, 6.45) is 6.25. The smallest absolute Gasteiger partial charge is 0.226 e. The largest absolute Gasteiger partial charge is 0.485 e. The Kier molecular flexibility index (Phi) is 7.67. The third kappa shape index (κ3) is 5.53. The van der Waals surface area contributed by atoms with Crippen molar-refractivity contribution in [1.29, 1.82) is 0 Å². The Bertz CT molecular complexity index is 4020. The highest BCUT2D eigenvalue weighted by Crippen LogP contribution is 2.46. The summed E-state index contributed by atoms with van der Waals surface area (Å²) in [5, 5.41) is 12.4. The molecule has 1 aliphatic carbocycles. The minimum Gasteiger partial charge on any atom is -0.485 e. The molecule has 300 valence electrons. The normalized spacial score (nSPS) is 15.7. The van der Waals surface area contributed by atoms with Crippen LogP contribution in [0.1, 0.15) is 17.3 Å². The van der Waals surface area contributed by atoms with Crippen molar-refractivity contribution in [3.05, 3.63) is 199 Å². The van der Waals surface area contributed by atoms with Crippen LogP contribution in [0.4, 0.5) is 0 Å². The van der Waals surface area contributed by atoms with E-state index in [1.54, 1.807) is 11.3 Å². The second kappa shape index (κ2) is 13.7. The molecule has 2 aliphatic rings. The van der Waals surface area contributed by atoms with Crippen LogP contribution in [-0.4, -0.2) is 21.1 Å². The van der Waals surface area contributed by atoms with Gasteiger partial charge in [0.25, 0.3) is 0 Å². The van der Waals surface area contributed by atoms with Gasteiger partial charge in [0.15, 0.2) is 11.6 Å².